The molecule has 0 amide bonds. The lowest BCUT2D eigenvalue weighted by atomic mass is 10.1. The van der Waals surface area contributed by atoms with Crippen LogP contribution in [0, 0.1) is 5.92 Å². The SMILES string of the molecule is C[C@H](C=O)[C@H](O)CCCl. The predicted octanol–water partition coefficient (Wildman–Crippen LogP) is 0.811. The number of aldehydes is 1. The van der Waals surface area contributed by atoms with Crippen LogP contribution < -0.4 is 0 Å². The van der Waals surface area contributed by atoms with Crippen LogP contribution in [-0.4, -0.2) is 23.4 Å². The van der Waals surface area contributed by atoms with Gasteiger partial charge in [-0.2, -0.15) is 0 Å². The lowest BCUT2D eigenvalue weighted by Crippen LogP contribution is -2.18. The van der Waals surface area contributed by atoms with Gasteiger partial charge in [0.25, 0.3) is 0 Å². The van der Waals surface area contributed by atoms with Crippen LogP contribution in [0.4, 0.5) is 0 Å². The second-order valence-electron chi connectivity index (χ2n) is 2.04. The first-order valence-corrected chi connectivity index (χ1v) is 3.45. The van der Waals surface area contributed by atoms with Crippen molar-refractivity contribution in [1.29, 1.82) is 0 Å². The summed E-state index contributed by atoms with van der Waals surface area (Å²) in [5, 5.41) is 9.00. The summed E-state index contributed by atoms with van der Waals surface area (Å²) in [5.74, 6) is 0.114. The van der Waals surface area contributed by atoms with Gasteiger partial charge in [0.05, 0.1) is 6.10 Å². The maximum atomic E-state index is 10.0. The van der Waals surface area contributed by atoms with E-state index in [1.807, 2.05) is 0 Å². The molecule has 0 aliphatic rings. The highest BCUT2D eigenvalue weighted by Crippen LogP contribution is 2.03. The van der Waals surface area contributed by atoms with Crippen LogP contribution in [0.15, 0.2) is 0 Å². The Hall–Kier alpha value is -0.0800. The molecule has 2 nitrogen and oxygen atoms in total. The lowest BCUT2D eigenvalue weighted by molar-refractivity contribution is -0.113. The van der Waals surface area contributed by atoms with Gasteiger partial charge in [0.2, 0.25) is 0 Å². The number of hydrogen-bond donors (Lipinski definition) is 1. The standard InChI is InChI=1S/C6H11ClO2/c1-5(4-8)6(9)2-3-7/h4-6,9H,2-3H2,1H3/t5-,6-/m1/s1. The second kappa shape index (κ2) is 4.77. The molecule has 0 aliphatic heterocycles. The Morgan fingerprint density at radius 3 is 2.67 bits per heavy atom. The van der Waals surface area contributed by atoms with Gasteiger partial charge in [-0.05, 0) is 6.42 Å². The first-order chi connectivity index (χ1) is 4.22. The zero-order valence-electron chi connectivity index (χ0n) is 5.38. The third kappa shape index (κ3) is 3.49. The van der Waals surface area contributed by atoms with Crippen LogP contribution in [0.25, 0.3) is 0 Å². The van der Waals surface area contributed by atoms with Crippen molar-refractivity contribution in [3.8, 4) is 0 Å². The molecule has 0 aromatic heterocycles. The Kier molecular flexibility index (Phi) is 4.72. The monoisotopic (exact) mass is 150 g/mol. The smallest absolute Gasteiger partial charge is 0.125 e. The zero-order chi connectivity index (χ0) is 7.28. The molecule has 1 N–H and O–H groups in total. The highest BCUT2D eigenvalue weighted by atomic mass is 35.5. The molecule has 0 aromatic carbocycles. The maximum Gasteiger partial charge on any atom is 0.125 e. The summed E-state index contributed by atoms with van der Waals surface area (Å²) in [6.07, 6.45) is 0.651. The number of carbonyl (C=O) groups excluding carboxylic acids is 1. The average Bonchev–Trinajstić information content (AvgIpc) is 1.87. The van der Waals surface area contributed by atoms with Crippen LogP contribution in [0.3, 0.4) is 0 Å². The fourth-order valence-electron chi connectivity index (χ4n) is 0.465. The second-order valence-corrected chi connectivity index (χ2v) is 2.42. The Bertz CT molecular complexity index is 85.1. The van der Waals surface area contributed by atoms with Crippen LogP contribution in [-0.2, 0) is 4.79 Å². The maximum absolute atomic E-state index is 10.0. The van der Waals surface area contributed by atoms with Crippen LogP contribution >= 0.6 is 11.6 Å². The summed E-state index contributed by atoms with van der Waals surface area (Å²) in [4.78, 5) is 10.0. The van der Waals surface area contributed by atoms with Gasteiger partial charge in [-0.3, -0.25) is 0 Å². The molecule has 3 heteroatoms. The molecule has 0 aliphatic carbocycles. The predicted molar refractivity (Wildman–Crippen MR) is 36.6 cm³/mol. The van der Waals surface area contributed by atoms with Crippen molar-refractivity contribution < 1.29 is 9.90 Å². The quantitative estimate of drug-likeness (QED) is 0.476. The minimum Gasteiger partial charge on any atom is -0.392 e. The average molecular weight is 151 g/mol. The number of halogens is 1. The van der Waals surface area contributed by atoms with Crippen molar-refractivity contribution in [3.63, 3.8) is 0 Å². The third-order valence-corrected chi connectivity index (χ3v) is 1.44. The largest absolute Gasteiger partial charge is 0.392 e. The molecule has 0 radical (unpaired) electrons. The van der Waals surface area contributed by atoms with Crippen LogP contribution in [0.5, 0.6) is 0 Å². The topological polar surface area (TPSA) is 37.3 Å². The van der Waals surface area contributed by atoms with E-state index in [9.17, 15) is 4.79 Å². The Balaban J connectivity index is 3.44. The van der Waals surface area contributed by atoms with E-state index < -0.39 is 6.10 Å². The van der Waals surface area contributed by atoms with E-state index in [0.717, 1.165) is 6.29 Å². The summed E-state index contributed by atoms with van der Waals surface area (Å²) >= 11 is 5.32. The highest BCUT2D eigenvalue weighted by Gasteiger charge is 2.10. The molecule has 0 spiro atoms. The van der Waals surface area contributed by atoms with Gasteiger partial charge in [0, 0.05) is 11.8 Å². The number of hydrogen-bond acceptors (Lipinski definition) is 2. The van der Waals surface area contributed by atoms with Gasteiger partial charge in [-0.15, -0.1) is 11.6 Å². The van der Waals surface area contributed by atoms with Crippen molar-refractivity contribution in [2.75, 3.05) is 5.88 Å². The number of alkyl halides is 1. The Morgan fingerprint density at radius 2 is 2.33 bits per heavy atom. The molecule has 0 heterocycles. The number of aliphatic hydroxyl groups excluding tert-OH is 1. The molecule has 2 atom stereocenters. The molecular weight excluding hydrogens is 140 g/mol. The number of carbonyl (C=O) groups is 1. The Labute approximate surface area is 59.8 Å². The first kappa shape index (κ1) is 8.92. The summed E-state index contributed by atoms with van der Waals surface area (Å²) < 4.78 is 0. The van der Waals surface area contributed by atoms with E-state index >= 15 is 0 Å². The third-order valence-electron chi connectivity index (χ3n) is 1.23. The lowest BCUT2D eigenvalue weighted by Gasteiger charge is -2.09. The van der Waals surface area contributed by atoms with E-state index in [1.165, 1.54) is 0 Å². The molecule has 0 aromatic rings. The minimum absolute atomic E-state index is 0.288. The van der Waals surface area contributed by atoms with Crippen molar-refractivity contribution in [3.05, 3.63) is 0 Å². The van der Waals surface area contributed by atoms with E-state index in [4.69, 9.17) is 16.7 Å². The molecule has 0 unspecified atom stereocenters. The van der Waals surface area contributed by atoms with Crippen molar-refractivity contribution in [1.82, 2.24) is 0 Å². The molecule has 0 fully saturated rings. The molecule has 54 valence electrons. The number of rotatable bonds is 4. The zero-order valence-corrected chi connectivity index (χ0v) is 6.14. The van der Waals surface area contributed by atoms with Gasteiger partial charge >= 0.3 is 0 Å². The molecule has 0 saturated heterocycles. The fraction of sp³-hybridized carbons (Fsp3) is 0.833. The van der Waals surface area contributed by atoms with E-state index in [-0.39, 0.29) is 5.92 Å². The minimum atomic E-state index is -0.569. The molecule has 0 bridgehead atoms. The number of aliphatic hydroxyl groups is 1. The van der Waals surface area contributed by atoms with Crippen molar-refractivity contribution in [2.45, 2.75) is 19.4 Å². The van der Waals surface area contributed by atoms with Gasteiger partial charge < -0.3 is 9.90 Å². The van der Waals surface area contributed by atoms with E-state index in [0.29, 0.717) is 12.3 Å². The van der Waals surface area contributed by atoms with Gasteiger partial charge in [0.15, 0.2) is 0 Å². The van der Waals surface area contributed by atoms with Crippen molar-refractivity contribution >= 4 is 17.9 Å². The Morgan fingerprint density at radius 1 is 1.78 bits per heavy atom. The summed E-state index contributed by atoms with van der Waals surface area (Å²) in [6.45, 7) is 1.67. The van der Waals surface area contributed by atoms with Crippen molar-refractivity contribution in [2.24, 2.45) is 5.92 Å². The van der Waals surface area contributed by atoms with E-state index in [1.54, 1.807) is 6.92 Å². The summed E-state index contributed by atoms with van der Waals surface area (Å²) in [7, 11) is 0. The van der Waals surface area contributed by atoms with Gasteiger partial charge in [0.1, 0.15) is 6.29 Å². The van der Waals surface area contributed by atoms with Gasteiger partial charge in [-0.25, -0.2) is 0 Å². The highest BCUT2D eigenvalue weighted by molar-refractivity contribution is 6.17. The normalized spacial score (nSPS) is 16.8. The summed E-state index contributed by atoms with van der Waals surface area (Å²) in [5.41, 5.74) is 0. The molecule has 0 rings (SSSR count). The first-order valence-electron chi connectivity index (χ1n) is 2.91. The molecule has 9 heavy (non-hydrogen) atoms. The fourth-order valence-corrected chi connectivity index (χ4v) is 0.689. The molecule has 0 saturated carbocycles. The van der Waals surface area contributed by atoms with Crippen LogP contribution in [0.2, 0.25) is 0 Å². The van der Waals surface area contributed by atoms with Gasteiger partial charge in [-0.1, -0.05) is 6.92 Å². The molecular formula is C6H11ClO2. The van der Waals surface area contributed by atoms with E-state index in [2.05, 4.69) is 0 Å². The summed E-state index contributed by atoms with van der Waals surface area (Å²) in [6, 6.07) is 0. The van der Waals surface area contributed by atoms with Crippen LogP contribution in [0.1, 0.15) is 13.3 Å².